The normalized spacial score (nSPS) is 26.1. The van der Waals surface area contributed by atoms with Crippen molar-refractivity contribution in [2.45, 2.75) is 51.6 Å². The Labute approximate surface area is 165 Å². The number of nitrogens with one attached hydrogen (secondary N) is 1. The Morgan fingerprint density at radius 2 is 1.81 bits per heavy atom. The van der Waals surface area contributed by atoms with Gasteiger partial charge in [-0.25, -0.2) is 0 Å². The standard InChI is InChI=1S/C23H38N2O2/c1-22(2)20-23(10-16-27-22,19-21-7-4-3-5-8-21)9-12-24-11-6-13-25-14-17-26-18-15-25/h3-5,7-8,24H,6,9-20H2,1-2H3/t23-/m0/s1. The van der Waals surface area contributed by atoms with Gasteiger partial charge in [-0.3, -0.25) is 4.90 Å². The molecule has 2 aliphatic heterocycles. The third-order valence-electron chi connectivity index (χ3n) is 6.11. The number of morpholine rings is 1. The molecule has 0 amide bonds. The minimum Gasteiger partial charge on any atom is -0.379 e. The van der Waals surface area contributed by atoms with Crippen LogP contribution in [-0.4, -0.2) is 63.0 Å². The first-order valence-electron chi connectivity index (χ1n) is 10.8. The maximum absolute atomic E-state index is 6.03. The van der Waals surface area contributed by atoms with Crippen LogP contribution < -0.4 is 5.32 Å². The van der Waals surface area contributed by atoms with Crippen molar-refractivity contribution in [3.05, 3.63) is 35.9 Å². The van der Waals surface area contributed by atoms with Crippen LogP contribution in [0, 0.1) is 5.41 Å². The van der Waals surface area contributed by atoms with Crippen molar-refractivity contribution >= 4 is 0 Å². The second kappa shape index (κ2) is 10.0. The van der Waals surface area contributed by atoms with Gasteiger partial charge in [0.15, 0.2) is 0 Å². The molecular weight excluding hydrogens is 336 g/mol. The van der Waals surface area contributed by atoms with E-state index in [0.717, 1.165) is 58.8 Å². The summed E-state index contributed by atoms with van der Waals surface area (Å²) in [5.41, 5.74) is 1.80. The maximum Gasteiger partial charge on any atom is 0.0631 e. The summed E-state index contributed by atoms with van der Waals surface area (Å²) in [5, 5.41) is 3.71. The van der Waals surface area contributed by atoms with Crippen LogP contribution in [0.4, 0.5) is 0 Å². The van der Waals surface area contributed by atoms with Gasteiger partial charge in [0.1, 0.15) is 0 Å². The smallest absolute Gasteiger partial charge is 0.0631 e. The molecule has 0 unspecified atom stereocenters. The number of ether oxygens (including phenoxy) is 2. The molecule has 152 valence electrons. The van der Waals surface area contributed by atoms with E-state index in [1.165, 1.54) is 31.4 Å². The molecule has 2 heterocycles. The molecule has 1 N–H and O–H groups in total. The van der Waals surface area contributed by atoms with E-state index in [0.29, 0.717) is 5.41 Å². The summed E-state index contributed by atoms with van der Waals surface area (Å²) >= 11 is 0. The summed E-state index contributed by atoms with van der Waals surface area (Å²) < 4.78 is 11.5. The summed E-state index contributed by atoms with van der Waals surface area (Å²) in [7, 11) is 0. The molecule has 1 aromatic carbocycles. The van der Waals surface area contributed by atoms with Crippen LogP contribution in [0.3, 0.4) is 0 Å². The lowest BCUT2D eigenvalue weighted by atomic mass is 9.68. The first kappa shape index (κ1) is 20.8. The van der Waals surface area contributed by atoms with Crippen molar-refractivity contribution in [1.82, 2.24) is 10.2 Å². The highest BCUT2D eigenvalue weighted by Crippen LogP contribution is 2.43. The fourth-order valence-electron chi connectivity index (χ4n) is 4.80. The monoisotopic (exact) mass is 374 g/mol. The van der Waals surface area contributed by atoms with Crippen molar-refractivity contribution in [1.29, 1.82) is 0 Å². The van der Waals surface area contributed by atoms with E-state index < -0.39 is 0 Å². The van der Waals surface area contributed by atoms with Crippen molar-refractivity contribution in [3.63, 3.8) is 0 Å². The van der Waals surface area contributed by atoms with E-state index in [2.05, 4.69) is 54.4 Å². The number of hydrogen-bond donors (Lipinski definition) is 1. The van der Waals surface area contributed by atoms with Crippen LogP contribution in [0.2, 0.25) is 0 Å². The second-order valence-corrected chi connectivity index (χ2v) is 9.00. The van der Waals surface area contributed by atoms with Gasteiger partial charge < -0.3 is 14.8 Å². The van der Waals surface area contributed by atoms with E-state index in [1.807, 2.05) is 0 Å². The van der Waals surface area contributed by atoms with Crippen LogP contribution in [0.15, 0.2) is 30.3 Å². The first-order chi connectivity index (χ1) is 13.1. The molecule has 2 saturated heterocycles. The quantitative estimate of drug-likeness (QED) is 0.671. The van der Waals surface area contributed by atoms with Gasteiger partial charge in [-0.15, -0.1) is 0 Å². The molecule has 1 aromatic rings. The molecule has 0 bridgehead atoms. The lowest BCUT2D eigenvalue weighted by Crippen LogP contribution is -2.44. The van der Waals surface area contributed by atoms with Crippen molar-refractivity contribution in [2.75, 3.05) is 52.5 Å². The van der Waals surface area contributed by atoms with Crippen LogP contribution in [0.25, 0.3) is 0 Å². The SMILES string of the molecule is CC1(C)C[C@](CCNCCCN2CCOCC2)(Cc2ccccc2)CCO1. The Balaban J connectivity index is 1.45. The second-order valence-electron chi connectivity index (χ2n) is 9.00. The van der Waals surface area contributed by atoms with Gasteiger partial charge in [0.25, 0.3) is 0 Å². The van der Waals surface area contributed by atoms with Gasteiger partial charge in [0, 0.05) is 19.7 Å². The highest BCUT2D eigenvalue weighted by molar-refractivity contribution is 5.17. The van der Waals surface area contributed by atoms with Crippen LogP contribution in [0.5, 0.6) is 0 Å². The molecule has 0 aromatic heterocycles. The first-order valence-corrected chi connectivity index (χ1v) is 10.8. The third kappa shape index (κ3) is 6.86. The fraction of sp³-hybridized carbons (Fsp3) is 0.739. The minimum absolute atomic E-state index is 0.0106. The predicted molar refractivity (Wildman–Crippen MR) is 111 cm³/mol. The number of hydrogen-bond acceptors (Lipinski definition) is 4. The summed E-state index contributed by atoms with van der Waals surface area (Å²) in [6, 6.07) is 11.0. The zero-order valence-electron chi connectivity index (χ0n) is 17.3. The fourth-order valence-corrected chi connectivity index (χ4v) is 4.80. The Morgan fingerprint density at radius 1 is 1.04 bits per heavy atom. The number of rotatable bonds is 9. The summed E-state index contributed by atoms with van der Waals surface area (Å²) in [6.45, 7) is 12.8. The van der Waals surface area contributed by atoms with Gasteiger partial charge in [-0.05, 0) is 76.6 Å². The van der Waals surface area contributed by atoms with Gasteiger partial charge in [-0.2, -0.15) is 0 Å². The number of nitrogens with zero attached hydrogens (tertiary/aromatic N) is 1. The predicted octanol–water partition coefficient (Wildman–Crippen LogP) is 3.51. The zero-order chi connectivity index (χ0) is 19.0. The highest BCUT2D eigenvalue weighted by Gasteiger charge is 2.40. The zero-order valence-corrected chi connectivity index (χ0v) is 17.3. The molecule has 0 radical (unpaired) electrons. The Bertz CT molecular complexity index is 543. The average Bonchev–Trinajstić information content (AvgIpc) is 2.65. The lowest BCUT2D eigenvalue weighted by Gasteiger charge is -2.45. The van der Waals surface area contributed by atoms with E-state index >= 15 is 0 Å². The van der Waals surface area contributed by atoms with E-state index in [4.69, 9.17) is 9.47 Å². The topological polar surface area (TPSA) is 33.7 Å². The molecule has 0 spiro atoms. The van der Waals surface area contributed by atoms with Crippen LogP contribution in [0.1, 0.15) is 45.1 Å². The molecule has 4 heteroatoms. The Morgan fingerprint density at radius 3 is 2.56 bits per heavy atom. The summed E-state index contributed by atoms with van der Waals surface area (Å²) in [4.78, 5) is 2.52. The molecule has 2 aliphatic rings. The maximum atomic E-state index is 6.03. The Kier molecular flexibility index (Phi) is 7.71. The molecule has 4 nitrogen and oxygen atoms in total. The van der Waals surface area contributed by atoms with Crippen molar-refractivity contribution < 1.29 is 9.47 Å². The van der Waals surface area contributed by atoms with Crippen LogP contribution >= 0.6 is 0 Å². The van der Waals surface area contributed by atoms with E-state index in [9.17, 15) is 0 Å². The Hall–Kier alpha value is -0.940. The van der Waals surface area contributed by atoms with Crippen molar-refractivity contribution in [2.24, 2.45) is 5.41 Å². The molecular formula is C23H38N2O2. The minimum atomic E-state index is -0.0106. The van der Waals surface area contributed by atoms with Gasteiger partial charge in [0.05, 0.1) is 18.8 Å². The third-order valence-corrected chi connectivity index (χ3v) is 6.11. The molecule has 1 atom stereocenters. The summed E-state index contributed by atoms with van der Waals surface area (Å²) in [5.74, 6) is 0. The lowest BCUT2D eigenvalue weighted by molar-refractivity contribution is -0.107. The molecule has 0 saturated carbocycles. The van der Waals surface area contributed by atoms with Crippen LogP contribution in [-0.2, 0) is 15.9 Å². The summed E-state index contributed by atoms with van der Waals surface area (Å²) in [6.07, 6.45) is 5.92. The molecule has 3 rings (SSSR count). The van der Waals surface area contributed by atoms with Crippen molar-refractivity contribution in [3.8, 4) is 0 Å². The van der Waals surface area contributed by atoms with Gasteiger partial charge >= 0.3 is 0 Å². The van der Waals surface area contributed by atoms with Gasteiger partial charge in [-0.1, -0.05) is 30.3 Å². The van der Waals surface area contributed by atoms with E-state index in [-0.39, 0.29) is 5.60 Å². The number of benzene rings is 1. The van der Waals surface area contributed by atoms with Gasteiger partial charge in [0.2, 0.25) is 0 Å². The highest BCUT2D eigenvalue weighted by atomic mass is 16.5. The average molecular weight is 375 g/mol. The molecule has 2 fully saturated rings. The molecule has 0 aliphatic carbocycles. The van der Waals surface area contributed by atoms with E-state index in [1.54, 1.807) is 0 Å². The largest absolute Gasteiger partial charge is 0.379 e. The molecule has 27 heavy (non-hydrogen) atoms.